The van der Waals surface area contributed by atoms with Gasteiger partial charge in [0.1, 0.15) is 23.8 Å². The molecule has 1 fully saturated rings. The lowest BCUT2D eigenvalue weighted by Crippen LogP contribution is -2.47. The van der Waals surface area contributed by atoms with Crippen molar-refractivity contribution in [2.45, 2.75) is 42.0 Å². The highest BCUT2D eigenvalue weighted by molar-refractivity contribution is 7.92. The summed E-state index contributed by atoms with van der Waals surface area (Å²) in [5, 5.41) is 12.6. The second-order valence-corrected chi connectivity index (χ2v) is 9.95. The number of sulfonamides is 1. The van der Waals surface area contributed by atoms with Gasteiger partial charge in [-0.25, -0.2) is 12.8 Å². The first-order valence-electron chi connectivity index (χ1n) is 10.9. The number of hydrogen-bond acceptors (Lipinski definition) is 7. The van der Waals surface area contributed by atoms with Gasteiger partial charge in [0, 0.05) is 30.8 Å². The molecule has 0 bridgehead atoms. The summed E-state index contributed by atoms with van der Waals surface area (Å²) in [6.07, 6.45) is -0.913. The van der Waals surface area contributed by atoms with Gasteiger partial charge in [0.25, 0.3) is 10.0 Å². The minimum atomic E-state index is -3.92. The molecule has 0 radical (unpaired) electrons. The van der Waals surface area contributed by atoms with E-state index < -0.39 is 34.2 Å². The van der Waals surface area contributed by atoms with Crippen LogP contribution >= 0.6 is 0 Å². The second kappa shape index (κ2) is 10.3. The predicted octanol–water partition coefficient (Wildman–Crippen LogP) is 1.77. The number of carbonyl (C=O) groups excluding carboxylic acids is 1. The molecule has 0 saturated carbocycles. The van der Waals surface area contributed by atoms with Crippen molar-refractivity contribution in [3.8, 4) is 5.75 Å². The van der Waals surface area contributed by atoms with Crippen LogP contribution in [0.4, 0.5) is 10.1 Å². The summed E-state index contributed by atoms with van der Waals surface area (Å²) < 4.78 is 58.0. The number of carbonyl (C=O) groups is 1. The topological polar surface area (TPSA) is 123 Å². The first-order valence-corrected chi connectivity index (χ1v) is 12.4. The third-order valence-electron chi connectivity index (χ3n) is 5.92. The van der Waals surface area contributed by atoms with Gasteiger partial charge in [-0.2, -0.15) is 0 Å². The molecule has 3 N–H and O–H groups in total. The summed E-state index contributed by atoms with van der Waals surface area (Å²) in [4.78, 5) is 12.2. The Labute approximate surface area is 197 Å². The van der Waals surface area contributed by atoms with Gasteiger partial charge in [0.15, 0.2) is 0 Å². The number of benzene rings is 2. The molecule has 2 aliphatic heterocycles. The first kappa shape index (κ1) is 24.4. The van der Waals surface area contributed by atoms with Crippen molar-refractivity contribution in [1.29, 1.82) is 0 Å². The molecule has 1 saturated heterocycles. The molecule has 2 heterocycles. The number of aliphatic hydroxyl groups excluding tert-OH is 1. The Bertz CT molecular complexity index is 1130. The van der Waals surface area contributed by atoms with Crippen LogP contribution in [0.25, 0.3) is 0 Å². The van der Waals surface area contributed by atoms with Gasteiger partial charge in [-0.1, -0.05) is 0 Å². The lowest BCUT2D eigenvalue weighted by atomic mass is 9.84. The van der Waals surface area contributed by atoms with E-state index in [0.717, 1.165) is 17.7 Å². The minimum Gasteiger partial charge on any atom is -0.487 e. The smallest absolute Gasteiger partial charge is 0.261 e. The van der Waals surface area contributed by atoms with Gasteiger partial charge in [-0.3, -0.25) is 9.52 Å². The number of amides is 1. The van der Waals surface area contributed by atoms with Crippen LogP contribution in [-0.2, 0) is 24.3 Å². The Morgan fingerprint density at radius 1 is 1.24 bits per heavy atom. The largest absolute Gasteiger partial charge is 0.487 e. The van der Waals surface area contributed by atoms with Crippen LogP contribution in [0.2, 0.25) is 0 Å². The minimum absolute atomic E-state index is 0.0607. The van der Waals surface area contributed by atoms with Crippen LogP contribution in [0.5, 0.6) is 5.75 Å². The molecule has 11 heteroatoms. The zero-order valence-corrected chi connectivity index (χ0v) is 19.4. The molecule has 0 aromatic heterocycles. The molecule has 2 aliphatic rings. The standard InChI is InChI=1S/C23H27FN2O7S/c1-31-9-8-25-22(28)12-16-11-19-18-10-15(4-7-20(18)33-23(19)21(13-27)32-16)26-34(29,30)17-5-2-14(24)3-6-17/h2-7,10,16,19,21,23,26-27H,8-9,11-13H2,1H3,(H,25,28)/t16-,19-,21+,23+/m1/s1. The maximum atomic E-state index is 13.2. The van der Waals surface area contributed by atoms with Crippen LogP contribution < -0.4 is 14.8 Å². The summed E-state index contributed by atoms with van der Waals surface area (Å²) in [5.41, 5.74) is 1.10. The summed E-state index contributed by atoms with van der Waals surface area (Å²) in [6, 6.07) is 9.48. The molecule has 0 unspecified atom stereocenters. The summed E-state index contributed by atoms with van der Waals surface area (Å²) in [7, 11) is -2.37. The van der Waals surface area contributed by atoms with Crippen LogP contribution in [-0.4, -0.2) is 64.6 Å². The van der Waals surface area contributed by atoms with Gasteiger partial charge in [0.05, 0.1) is 30.6 Å². The SMILES string of the molecule is COCCNC(=O)C[C@H]1C[C@@H]2c3cc(NS(=O)(=O)c4ccc(F)cc4)ccc3O[C@@H]2[C@H](CO)O1. The molecule has 0 aliphatic carbocycles. The van der Waals surface area contributed by atoms with Crippen LogP contribution in [0.1, 0.15) is 24.3 Å². The molecule has 2 aromatic rings. The maximum absolute atomic E-state index is 13.2. The summed E-state index contributed by atoms with van der Waals surface area (Å²) >= 11 is 0. The van der Waals surface area contributed by atoms with E-state index in [0.29, 0.717) is 31.0 Å². The van der Waals surface area contributed by atoms with Gasteiger partial charge >= 0.3 is 0 Å². The van der Waals surface area contributed by atoms with E-state index in [2.05, 4.69) is 10.0 Å². The number of hydrogen-bond donors (Lipinski definition) is 3. The zero-order valence-electron chi connectivity index (χ0n) is 18.6. The molecule has 2 aromatic carbocycles. The Morgan fingerprint density at radius 2 is 2.00 bits per heavy atom. The van der Waals surface area contributed by atoms with E-state index >= 15 is 0 Å². The fourth-order valence-electron chi connectivity index (χ4n) is 4.35. The highest BCUT2D eigenvalue weighted by Crippen LogP contribution is 2.47. The number of aliphatic hydroxyl groups is 1. The quantitative estimate of drug-likeness (QED) is 0.454. The lowest BCUT2D eigenvalue weighted by Gasteiger charge is -2.37. The van der Waals surface area contributed by atoms with Crippen molar-refractivity contribution in [3.63, 3.8) is 0 Å². The van der Waals surface area contributed by atoms with Gasteiger partial charge in [-0.05, 0) is 48.9 Å². The van der Waals surface area contributed by atoms with Gasteiger partial charge in [0.2, 0.25) is 5.91 Å². The molecule has 1 amide bonds. The Hall–Kier alpha value is -2.73. The average molecular weight is 495 g/mol. The number of anilines is 1. The van der Waals surface area contributed by atoms with Crippen LogP contribution in [0.3, 0.4) is 0 Å². The fourth-order valence-corrected chi connectivity index (χ4v) is 5.40. The average Bonchev–Trinajstić information content (AvgIpc) is 3.17. The summed E-state index contributed by atoms with van der Waals surface area (Å²) in [6.45, 7) is 0.515. The number of rotatable bonds is 9. The van der Waals surface area contributed by atoms with Crippen molar-refractivity contribution in [1.82, 2.24) is 5.32 Å². The second-order valence-electron chi connectivity index (χ2n) is 8.26. The third kappa shape index (κ3) is 5.33. The van der Waals surface area contributed by atoms with Crippen LogP contribution in [0, 0.1) is 5.82 Å². The predicted molar refractivity (Wildman–Crippen MR) is 121 cm³/mol. The van der Waals surface area contributed by atoms with E-state index in [1.165, 1.54) is 12.1 Å². The van der Waals surface area contributed by atoms with E-state index in [4.69, 9.17) is 14.2 Å². The van der Waals surface area contributed by atoms with E-state index in [1.54, 1.807) is 25.3 Å². The molecular formula is C23H27FN2O7S. The molecule has 0 spiro atoms. The van der Waals surface area contributed by atoms with E-state index in [-0.39, 0.29) is 29.7 Å². The van der Waals surface area contributed by atoms with Crippen molar-refractivity contribution in [2.24, 2.45) is 0 Å². The first-order chi connectivity index (χ1) is 16.3. The lowest BCUT2D eigenvalue weighted by molar-refractivity contribution is -0.142. The Morgan fingerprint density at radius 3 is 2.71 bits per heavy atom. The molecule has 4 rings (SSSR count). The van der Waals surface area contributed by atoms with E-state index in [1.807, 2.05) is 0 Å². The summed E-state index contributed by atoms with van der Waals surface area (Å²) in [5.74, 6) is -0.323. The highest BCUT2D eigenvalue weighted by Gasteiger charge is 2.46. The molecular weight excluding hydrogens is 467 g/mol. The number of halogens is 1. The molecule has 184 valence electrons. The van der Waals surface area contributed by atoms with Gasteiger partial charge in [-0.15, -0.1) is 0 Å². The monoisotopic (exact) mass is 494 g/mol. The zero-order chi connectivity index (χ0) is 24.3. The Kier molecular flexibility index (Phi) is 7.36. The van der Waals surface area contributed by atoms with Gasteiger partial charge < -0.3 is 24.6 Å². The Balaban J connectivity index is 1.51. The van der Waals surface area contributed by atoms with Crippen molar-refractivity contribution in [2.75, 3.05) is 31.6 Å². The number of nitrogens with one attached hydrogen (secondary N) is 2. The van der Waals surface area contributed by atoms with Crippen molar-refractivity contribution >= 4 is 21.6 Å². The molecule has 9 nitrogen and oxygen atoms in total. The van der Waals surface area contributed by atoms with E-state index in [9.17, 15) is 22.7 Å². The normalized spacial score (nSPS) is 23.5. The third-order valence-corrected chi connectivity index (χ3v) is 7.31. The number of methoxy groups -OCH3 is 1. The fraction of sp³-hybridized carbons (Fsp3) is 0.435. The van der Waals surface area contributed by atoms with Crippen molar-refractivity contribution in [3.05, 3.63) is 53.8 Å². The van der Waals surface area contributed by atoms with Crippen molar-refractivity contribution < 1.29 is 36.9 Å². The number of fused-ring (bicyclic) bond motifs is 3. The number of ether oxygens (including phenoxy) is 3. The van der Waals surface area contributed by atoms with Crippen LogP contribution in [0.15, 0.2) is 47.4 Å². The highest BCUT2D eigenvalue weighted by atomic mass is 32.2. The molecule has 34 heavy (non-hydrogen) atoms. The maximum Gasteiger partial charge on any atom is 0.261 e. The molecule has 4 atom stereocenters.